The second-order valence-corrected chi connectivity index (χ2v) is 18.7. The van der Waals surface area contributed by atoms with Gasteiger partial charge in [0.2, 0.25) is 0 Å². The normalized spacial score (nSPS) is 22.9. The van der Waals surface area contributed by atoms with E-state index in [1.54, 1.807) is 0 Å². The molecule has 1 aliphatic rings. The van der Waals surface area contributed by atoms with Crippen molar-refractivity contribution in [3.8, 4) is 0 Å². The fraction of sp³-hybridized carbons (Fsp3) is 0.875. The molecule has 20 heavy (non-hydrogen) atoms. The third-order valence-electron chi connectivity index (χ3n) is 5.58. The first kappa shape index (κ1) is 18.1. The van der Waals surface area contributed by atoms with Crippen LogP contribution in [0.5, 0.6) is 0 Å². The average Bonchev–Trinajstić information content (AvgIpc) is 2.35. The summed E-state index contributed by atoms with van der Waals surface area (Å²) in [5.74, 6) is 0. The molecule has 2 nitrogen and oxygen atoms in total. The van der Waals surface area contributed by atoms with Gasteiger partial charge >= 0.3 is 0 Å². The highest BCUT2D eigenvalue weighted by Gasteiger charge is 2.44. The third-order valence-corrected chi connectivity index (χ3v) is 14.0. The van der Waals surface area contributed by atoms with Gasteiger partial charge in [0.1, 0.15) is 8.24 Å². The summed E-state index contributed by atoms with van der Waals surface area (Å²) in [6, 6.07) is 2.10. The molecular weight excluding hydrogens is 276 g/mol. The molecule has 0 aromatic rings. The Morgan fingerprint density at radius 1 is 1.25 bits per heavy atom. The van der Waals surface area contributed by atoms with Crippen LogP contribution in [-0.4, -0.2) is 46.6 Å². The Labute approximate surface area is 129 Å². The zero-order valence-corrected chi connectivity index (χ0v) is 16.8. The first-order valence-corrected chi connectivity index (χ1v) is 14.4. The molecule has 1 N–H and O–H groups in total. The molecule has 1 aliphatic heterocycles. The fourth-order valence-electron chi connectivity index (χ4n) is 2.83. The van der Waals surface area contributed by atoms with E-state index in [1.165, 1.54) is 25.6 Å². The van der Waals surface area contributed by atoms with Gasteiger partial charge in [-0.1, -0.05) is 53.0 Å². The van der Waals surface area contributed by atoms with Crippen molar-refractivity contribution in [2.24, 2.45) is 0 Å². The van der Waals surface area contributed by atoms with Gasteiger partial charge in [-0.2, -0.15) is 0 Å². The maximum Gasteiger partial charge on any atom is 0.127 e. The molecule has 118 valence electrons. The minimum atomic E-state index is -1.39. The van der Waals surface area contributed by atoms with Gasteiger partial charge in [-0.15, -0.1) is 12.3 Å². The molecule has 0 aromatic heterocycles. The molecule has 1 atom stereocenters. The molecule has 0 bridgehead atoms. The summed E-state index contributed by atoms with van der Waals surface area (Å²) >= 11 is 0. The van der Waals surface area contributed by atoms with Crippen LogP contribution < -0.4 is 5.32 Å². The first-order chi connectivity index (χ1) is 9.01. The molecule has 0 aromatic carbocycles. The first-order valence-electron chi connectivity index (χ1n) is 8.12. The van der Waals surface area contributed by atoms with E-state index in [4.69, 9.17) is 0 Å². The van der Waals surface area contributed by atoms with E-state index in [9.17, 15) is 0 Å². The predicted molar refractivity (Wildman–Crippen MR) is 97.7 cm³/mol. The van der Waals surface area contributed by atoms with Crippen LogP contribution in [0.3, 0.4) is 0 Å². The second kappa shape index (κ2) is 6.47. The minimum Gasteiger partial charge on any atom is -0.318 e. The molecular formula is C16H36N2Si2. The highest BCUT2D eigenvalue weighted by molar-refractivity contribution is 6.82. The van der Waals surface area contributed by atoms with Crippen LogP contribution in [0.25, 0.3) is 0 Å². The Morgan fingerprint density at radius 3 is 2.35 bits per heavy atom. The van der Waals surface area contributed by atoms with Crippen molar-refractivity contribution in [3.05, 3.63) is 12.3 Å². The highest BCUT2D eigenvalue weighted by Crippen LogP contribution is 2.40. The number of rotatable bonds is 5. The van der Waals surface area contributed by atoms with E-state index in [2.05, 4.69) is 69.1 Å². The van der Waals surface area contributed by atoms with Gasteiger partial charge in [0, 0.05) is 25.7 Å². The van der Waals surface area contributed by atoms with Crippen molar-refractivity contribution in [3.63, 3.8) is 0 Å². The Bertz CT molecular complexity index is 332. The molecule has 0 spiro atoms. The number of nitrogens with zero attached hydrogens (tertiary/aromatic N) is 1. The Hall–Kier alpha value is 0.0938. The van der Waals surface area contributed by atoms with Gasteiger partial charge in [-0.3, -0.25) is 0 Å². The molecule has 1 unspecified atom stereocenters. The molecule has 0 radical (unpaired) electrons. The van der Waals surface area contributed by atoms with Gasteiger partial charge in [0.15, 0.2) is 0 Å². The van der Waals surface area contributed by atoms with Gasteiger partial charge in [-0.25, -0.2) is 0 Å². The second-order valence-electron chi connectivity index (χ2n) is 8.59. The molecule has 1 fully saturated rings. The van der Waals surface area contributed by atoms with Crippen molar-refractivity contribution in [1.29, 1.82) is 0 Å². The van der Waals surface area contributed by atoms with Gasteiger partial charge in [0.25, 0.3) is 0 Å². The summed E-state index contributed by atoms with van der Waals surface area (Å²) in [6.45, 7) is 24.9. The highest BCUT2D eigenvalue weighted by atomic mass is 28.3. The lowest BCUT2D eigenvalue weighted by Gasteiger charge is -2.52. The molecule has 4 heteroatoms. The van der Waals surface area contributed by atoms with Crippen LogP contribution in [0.15, 0.2) is 12.3 Å². The summed E-state index contributed by atoms with van der Waals surface area (Å²) in [5.41, 5.74) is 2.25. The van der Waals surface area contributed by atoms with E-state index in [0.717, 1.165) is 12.6 Å². The maximum absolute atomic E-state index is 4.04. The number of hydrogen-bond acceptors (Lipinski definition) is 2. The van der Waals surface area contributed by atoms with Crippen LogP contribution in [0.2, 0.25) is 37.3 Å². The van der Waals surface area contributed by atoms with E-state index in [-0.39, 0.29) is 0 Å². The van der Waals surface area contributed by atoms with Crippen LogP contribution in [-0.2, 0) is 0 Å². The molecule has 0 amide bonds. The topological polar surface area (TPSA) is 15.3 Å². The van der Waals surface area contributed by atoms with E-state index < -0.39 is 16.3 Å². The summed E-state index contributed by atoms with van der Waals surface area (Å²) in [6.07, 6.45) is 1.34. The van der Waals surface area contributed by atoms with Gasteiger partial charge in [0.05, 0.1) is 8.07 Å². The lowest BCUT2D eigenvalue weighted by molar-refractivity contribution is 0.244. The summed E-state index contributed by atoms with van der Waals surface area (Å²) < 4.78 is 2.90. The minimum absolute atomic E-state index is 0.438. The van der Waals surface area contributed by atoms with Crippen molar-refractivity contribution >= 4 is 16.3 Å². The van der Waals surface area contributed by atoms with Crippen molar-refractivity contribution in [1.82, 2.24) is 9.88 Å². The zero-order chi connectivity index (χ0) is 15.6. The summed E-state index contributed by atoms with van der Waals surface area (Å²) in [4.78, 5) is 0. The average molecular weight is 313 g/mol. The smallest absolute Gasteiger partial charge is 0.127 e. The molecule has 1 heterocycles. The van der Waals surface area contributed by atoms with Crippen molar-refractivity contribution < 1.29 is 0 Å². The fourth-order valence-corrected chi connectivity index (χ4v) is 6.77. The standard InChI is InChI=1S/C16H36N2Si2/c1-9-19(5,6)13-10-15-14-17-11-12-18(15)20(7,8)16(2,3)4/h9,15,17H,1,10-14H2,2-8H3. The van der Waals surface area contributed by atoms with Gasteiger partial charge < -0.3 is 9.88 Å². The maximum atomic E-state index is 4.04. The molecule has 1 saturated heterocycles. The molecule has 0 saturated carbocycles. The monoisotopic (exact) mass is 312 g/mol. The molecule has 1 rings (SSSR count). The van der Waals surface area contributed by atoms with Crippen LogP contribution in [0, 0.1) is 0 Å². The van der Waals surface area contributed by atoms with E-state index in [0.29, 0.717) is 5.04 Å². The molecule has 0 aliphatic carbocycles. The lowest BCUT2D eigenvalue weighted by Crippen LogP contribution is -2.65. The number of hydrogen-bond donors (Lipinski definition) is 1. The zero-order valence-electron chi connectivity index (χ0n) is 14.8. The summed E-state index contributed by atoms with van der Waals surface area (Å²) in [5, 5.41) is 4.05. The number of nitrogens with one attached hydrogen (secondary N) is 1. The number of piperazine rings is 1. The Morgan fingerprint density at radius 2 is 1.85 bits per heavy atom. The Balaban J connectivity index is 2.80. The van der Waals surface area contributed by atoms with Gasteiger partial charge in [-0.05, 0) is 11.5 Å². The lowest BCUT2D eigenvalue weighted by atomic mass is 10.2. The van der Waals surface area contributed by atoms with Crippen LogP contribution >= 0.6 is 0 Å². The quantitative estimate of drug-likeness (QED) is 0.769. The summed E-state index contributed by atoms with van der Waals surface area (Å²) in [7, 11) is -2.56. The predicted octanol–water partition coefficient (Wildman–Crippen LogP) is 4.09. The van der Waals surface area contributed by atoms with Crippen molar-refractivity contribution in [2.45, 2.75) is 70.5 Å². The van der Waals surface area contributed by atoms with E-state index >= 15 is 0 Å². The largest absolute Gasteiger partial charge is 0.318 e. The third kappa shape index (κ3) is 4.29. The van der Waals surface area contributed by atoms with Crippen LogP contribution in [0.1, 0.15) is 27.2 Å². The Kier molecular flexibility index (Phi) is 5.87. The van der Waals surface area contributed by atoms with Crippen LogP contribution in [0.4, 0.5) is 0 Å². The SMILES string of the molecule is C=C[Si](C)(C)CCC1CNCCN1[Si](C)(C)C(C)(C)C. The van der Waals surface area contributed by atoms with E-state index in [1.807, 2.05) is 0 Å². The van der Waals surface area contributed by atoms with Crippen molar-refractivity contribution in [2.75, 3.05) is 19.6 Å².